The molecule has 6 heteroatoms. The molecular formula is C13H17F3N2O. The first kappa shape index (κ1) is 14.1. The first-order valence-corrected chi connectivity index (χ1v) is 6.21. The van der Waals surface area contributed by atoms with Crippen molar-refractivity contribution in [3.63, 3.8) is 0 Å². The van der Waals surface area contributed by atoms with Gasteiger partial charge in [-0.15, -0.1) is 0 Å². The second-order valence-corrected chi connectivity index (χ2v) is 4.83. The number of nitrogens with two attached hydrogens (primary N) is 1. The average molecular weight is 274 g/mol. The van der Waals surface area contributed by atoms with Gasteiger partial charge in [-0.25, -0.2) is 0 Å². The molecule has 1 atom stereocenters. The minimum absolute atomic E-state index is 0.109. The Morgan fingerprint density at radius 2 is 2.11 bits per heavy atom. The molecule has 1 aliphatic heterocycles. The first-order chi connectivity index (χ1) is 8.95. The van der Waals surface area contributed by atoms with Crippen LogP contribution >= 0.6 is 0 Å². The Hall–Kier alpha value is -1.27. The van der Waals surface area contributed by atoms with E-state index in [9.17, 15) is 13.2 Å². The van der Waals surface area contributed by atoms with Crippen LogP contribution in [-0.2, 0) is 12.7 Å². The summed E-state index contributed by atoms with van der Waals surface area (Å²) in [5.74, 6) is 0.198. The summed E-state index contributed by atoms with van der Waals surface area (Å²) in [7, 11) is 0. The molecule has 19 heavy (non-hydrogen) atoms. The van der Waals surface area contributed by atoms with Gasteiger partial charge in [-0.1, -0.05) is 0 Å². The lowest BCUT2D eigenvalue weighted by atomic mass is 10.1. The Bertz CT molecular complexity index is 448. The molecule has 3 N–H and O–H groups in total. The van der Waals surface area contributed by atoms with E-state index in [1.165, 1.54) is 12.1 Å². The van der Waals surface area contributed by atoms with E-state index in [4.69, 9.17) is 10.8 Å². The maximum Gasteiger partial charge on any atom is 0.416 e. The number of benzene rings is 1. The number of aliphatic hydroxyl groups excluding tert-OH is 1. The molecule has 1 fully saturated rings. The smallest absolute Gasteiger partial charge is 0.396 e. The Morgan fingerprint density at radius 1 is 1.37 bits per heavy atom. The van der Waals surface area contributed by atoms with Gasteiger partial charge in [-0.3, -0.25) is 0 Å². The zero-order valence-electron chi connectivity index (χ0n) is 10.5. The lowest BCUT2D eigenvalue weighted by molar-refractivity contribution is -0.138. The summed E-state index contributed by atoms with van der Waals surface area (Å²) >= 11 is 0. The molecule has 1 heterocycles. The third kappa shape index (κ3) is 3.01. The summed E-state index contributed by atoms with van der Waals surface area (Å²) in [5.41, 5.74) is 5.59. The molecule has 0 radical (unpaired) electrons. The highest BCUT2D eigenvalue weighted by Crippen LogP contribution is 2.34. The fourth-order valence-corrected chi connectivity index (χ4v) is 2.44. The molecule has 2 rings (SSSR count). The van der Waals surface area contributed by atoms with Crippen molar-refractivity contribution in [3.8, 4) is 0 Å². The van der Waals surface area contributed by atoms with Crippen LogP contribution in [0.5, 0.6) is 0 Å². The molecule has 1 aromatic rings. The van der Waals surface area contributed by atoms with E-state index in [1.54, 1.807) is 0 Å². The largest absolute Gasteiger partial charge is 0.416 e. The zero-order chi connectivity index (χ0) is 14.0. The van der Waals surface area contributed by atoms with E-state index in [0.717, 1.165) is 24.7 Å². The molecule has 106 valence electrons. The van der Waals surface area contributed by atoms with Crippen molar-refractivity contribution < 1.29 is 18.3 Å². The highest BCUT2D eigenvalue weighted by molar-refractivity contribution is 5.52. The Labute approximate surface area is 109 Å². The second kappa shape index (κ2) is 5.38. The number of aliphatic hydroxyl groups is 1. The molecule has 0 aliphatic carbocycles. The van der Waals surface area contributed by atoms with Crippen LogP contribution in [0.4, 0.5) is 18.9 Å². The summed E-state index contributed by atoms with van der Waals surface area (Å²) < 4.78 is 38.3. The average Bonchev–Trinajstić information content (AvgIpc) is 2.85. The van der Waals surface area contributed by atoms with Crippen LogP contribution in [0.25, 0.3) is 0 Å². The van der Waals surface area contributed by atoms with Gasteiger partial charge in [0.05, 0.1) is 5.56 Å². The maximum absolute atomic E-state index is 12.8. The van der Waals surface area contributed by atoms with Gasteiger partial charge >= 0.3 is 6.18 Å². The van der Waals surface area contributed by atoms with Crippen LogP contribution in [0, 0.1) is 5.92 Å². The zero-order valence-corrected chi connectivity index (χ0v) is 10.5. The summed E-state index contributed by atoms with van der Waals surface area (Å²) in [6.07, 6.45) is -3.51. The van der Waals surface area contributed by atoms with Gasteiger partial charge in [0, 0.05) is 37.8 Å². The first-order valence-electron chi connectivity index (χ1n) is 6.21. The minimum Gasteiger partial charge on any atom is -0.396 e. The van der Waals surface area contributed by atoms with E-state index < -0.39 is 11.7 Å². The van der Waals surface area contributed by atoms with Gasteiger partial charge in [-0.05, 0) is 30.2 Å². The summed E-state index contributed by atoms with van der Waals surface area (Å²) in [6.45, 7) is 1.40. The highest BCUT2D eigenvalue weighted by Gasteiger charge is 2.33. The molecule has 1 saturated heterocycles. The Morgan fingerprint density at radius 3 is 2.63 bits per heavy atom. The normalized spacial score (nSPS) is 20.1. The number of hydrogen-bond donors (Lipinski definition) is 2. The van der Waals surface area contributed by atoms with Crippen molar-refractivity contribution >= 4 is 5.69 Å². The lowest BCUT2D eigenvalue weighted by Crippen LogP contribution is -2.21. The molecule has 0 saturated carbocycles. The van der Waals surface area contributed by atoms with Gasteiger partial charge in [-0.2, -0.15) is 13.2 Å². The molecule has 0 spiro atoms. The Kier molecular flexibility index (Phi) is 4.01. The van der Waals surface area contributed by atoms with Gasteiger partial charge in [0.1, 0.15) is 0 Å². The maximum atomic E-state index is 12.8. The van der Waals surface area contributed by atoms with E-state index in [0.29, 0.717) is 6.54 Å². The van der Waals surface area contributed by atoms with E-state index in [2.05, 4.69) is 0 Å². The van der Waals surface area contributed by atoms with Crippen molar-refractivity contribution in [2.24, 2.45) is 11.7 Å². The number of rotatable bonds is 3. The van der Waals surface area contributed by atoms with Crippen molar-refractivity contribution in [1.82, 2.24) is 0 Å². The monoisotopic (exact) mass is 274 g/mol. The van der Waals surface area contributed by atoms with E-state index >= 15 is 0 Å². The van der Waals surface area contributed by atoms with Crippen LogP contribution < -0.4 is 10.6 Å². The van der Waals surface area contributed by atoms with Crippen LogP contribution in [0.3, 0.4) is 0 Å². The highest BCUT2D eigenvalue weighted by atomic mass is 19.4. The number of hydrogen-bond acceptors (Lipinski definition) is 3. The van der Waals surface area contributed by atoms with Gasteiger partial charge in [0.15, 0.2) is 0 Å². The van der Waals surface area contributed by atoms with E-state index in [-0.39, 0.29) is 24.6 Å². The molecule has 0 aromatic heterocycles. The van der Waals surface area contributed by atoms with Crippen LogP contribution in [0.15, 0.2) is 18.2 Å². The molecule has 1 aliphatic rings. The minimum atomic E-state index is -4.37. The Balaban J connectivity index is 2.25. The summed E-state index contributed by atoms with van der Waals surface area (Å²) in [5, 5.41) is 9.09. The predicted molar refractivity (Wildman–Crippen MR) is 66.7 cm³/mol. The topological polar surface area (TPSA) is 49.5 Å². The fraction of sp³-hybridized carbons (Fsp3) is 0.538. The van der Waals surface area contributed by atoms with Gasteiger partial charge in [0.25, 0.3) is 0 Å². The van der Waals surface area contributed by atoms with Crippen molar-refractivity contribution in [1.29, 1.82) is 0 Å². The number of nitrogens with zero attached hydrogens (tertiary/aromatic N) is 1. The summed E-state index contributed by atoms with van der Waals surface area (Å²) in [4.78, 5) is 1.99. The SMILES string of the molecule is NCc1cc(N2CCC(CO)C2)ccc1C(F)(F)F. The van der Waals surface area contributed by atoms with Gasteiger partial charge < -0.3 is 15.7 Å². The quantitative estimate of drug-likeness (QED) is 0.886. The third-order valence-corrected chi connectivity index (χ3v) is 3.52. The van der Waals surface area contributed by atoms with Crippen molar-refractivity contribution in [3.05, 3.63) is 29.3 Å². The molecule has 0 bridgehead atoms. The van der Waals surface area contributed by atoms with Crippen molar-refractivity contribution in [2.75, 3.05) is 24.6 Å². The van der Waals surface area contributed by atoms with Crippen LogP contribution in [0.2, 0.25) is 0 Å². The number of anilines is 1. The predicted octanol–water partition coefficient (Wildman–Crippen LogP) is 1.98. The second-order valence-electron chi connectivity index (χ2n) is 4.83. The molecule has 0 amide bonds. The number of alkyl halides is 3. The summed E-state index contributed by atoms with van der Waals surface area (Å²) in [6, 6.07) is 4.06. The van der Waals surface area contributed by atoms with Gasteiger partial charge in [0.2, 0.25) is 0 Å². The molecular weight excluding hydrogens is 257 g/mol. The standard InChI is InChI=1S/C13H17F3N2O/c14-13(15,16)12-2-1-11(5-10(12)6-17)18-4-3-9(7-18)8-19/h1-2,5,9,19H,3-4,6-8,17H2. The molecule has 3 nitrogen and oxygen atoms in total. The lowest BCUT2D eigenvalue weighted by Gasteiger charge is -2.21. The van der Waals surface area contributed by atoms with Crippen LogP contribution in [0.1, 0.15) is 17.5 Å². The fourth-order valence-electron chi connectivity index (χ4n) is 2.44. The molecule has 1 unspecified atom stereocenters. The number of halogens is 3. The van der Waals surface area contributed by atoms with E-state index in [1.807, 2.05) is 4.90 Å². The molecule has 1 aromatic carbocycles. The van der Waals surface area contributed by atoms with Crippen molar-refractivity contribution in [2.45, 2.75) is 19.1 Å². The third-order valence-electron chi connectivity index (χ3n) is 3.52. The van der Waals surface area contributed by atoms with Crippen LogP contribution in [-0.4, -0.2) is 24.8 Å².